The van der Waals surface area contributed by atoms with Crippen LogP contribution in [0.15, 0.2) is 0 Å². The number of aliphatic hydroxyl groups is 1. The van der Waals surface area contributed by atoms with Crippen molar-refractivity contribution in [3.8, 4) is 0 Å². The van der Waals surface area contributed by atoms with Crippen LogP contribution in [0.1, 0.15) is 26.7 Å². The van der Waals surface area contributed by atoms with E-state index in [-0.39, 0.29) is 5.25 Å². The molecule has 0 heterocycles. The summed E-state index contributed by atoms with van der Waals surface area (Å²) >= 11 is 0. The molecule has 0 amide bonds. The minimum absolute atomic E-state index is 0.0973. The van der Waals surface area contributed by atoms with E-state index in [1.807, 2.05) is 6.92 Å². The third-order valence-corrected chi connectivity index (χ3v) is 4.00. The molecule has 2 N–H and O–H groups in total. The van der Waals surface area contributed by atoms with Crippen molar-refractivity contribution in [2.75, 3.05) is 45.8 Å². The highest BCUT2D eigenvalue weighted by molar-refractivity contribution is 7.84. The van der Waals surface area contributed by atoms with E-state index in [2.05, 4.69) is 12.2 Å². The van der Waals surface area contributed by atoms with Gasteiger partial charge in [-0.1, -0.05) is 13.3 Å². The molecule has 0 saturated heterocycles. The highest BCUT2D eigenvalue weighted by atomic mass is 32.2. The zero-order valence-electron chi connectivity index (χ0n) is 12.4. The lowest BCUT2D eigenvalue weighted by molar-refractivity contribution is 0.00401. The van der Waals surface area contributed by atoms with Gasteiger partial charge in [0.05, 0.1) is 25.9 Å². The fraction of sp³-hybridized carbons (Fsp3) is 1.00. The van der Waals surface area contributed by atoms with Gasteiger partial charge in [0.1, 0.15) is 0 Å². The molecule has 3 atom stereocenters. The average Bonchev–Trinajstić information content (AvgIpc) is 2.37. The second-order valence-electron chi connectivity index (χ2n) is 4.66. The maximum absolute atomic E-state index is 11.1. The normalized spacial score (nSPS) is 16.2. The number of rotatable bonds is 13. The Bertz CT molecular complexity index is 229. The van der Waals surface area contributed by atoms with E-state index >= 15 is 0 Å². The average molecular weight is 295 g/mol. The summed E-state index contributed by atoms with van der Waals surface area (Å²) in [5.74, 6) is 0. The highest BCUT2D eigenvalue weighted by Crippen LogP contribution is 1.91. The molecule has 0 aliphatic carbocycles. The first kappa shape index (κ1) is 19.0. The van der Waals surface area contributed by atoms with Gasteiger partial charge in [0, 0.05) is 42.0 Å². The van der Waals surface area contributed by atoms with E-state index < -0.39 is 16.9 Å². The van der Waals surface area contributed by atoms with Crippen molar-refractivity contribution in [3.05, 3.63) is 0 Å². The van der Waals surface area contributed by atoms with E-state index in [1.165, 1.54) is 0 Å². The van der Waals surface area contributed by atoms with Gasteiger partial charge in [0.15, 0.2) is 0 Å². The van der Waals surface area contributed by atoms with Crippen molar-refractivity contribution in [2.24, 2.45) is 0 Å². The fourth-order valence-corrected chi connectivity index (χ4v) is 1.67. The van der Waals surface area contributed by atoms with Crippen LogP contribution >= 0.6 is 0 Å². The molecular weight excluding hydrogens is 266 g/mol. The molecule has 0 aliphatic rings. The molecule has 0 fully saturated rings. The van der Waals surface area contributed by atoms with Crippen LogP contribution in [0.5, 0.6) is 0 Å². The summed E-state index contributed by atoms with van der Waals surface area (Å²) in [6.45, 7) is 7.29. The second kappa shape index (κ2) is 13.0. The third-order valence-electron chi connectivity index (χ3n) is 2.70. The first-order valence-electron chi connectivity index (χ1n) is 6.94. The van der Waals surface area contributed by atoms with Crippen LogP contribution in [0.3, 0.4) is 0 Å². The smallest absolute Gasteiger partial charge is 0.0897 e. The predicted octanol–water partition coefficient (Wildman–Crippen LogP) is 0.537. The van der Waals surface area contributed by atoms with Crippen molar-refractivity contribution in [1.82, 2.24) is 5.32 Å². The van der Waals surface area contributed by atoms with E-state index in [1.54, 1.807) is 6.26 Å². The molecule has 0 radical (unpaired) electrons. The molecule has 0 aromatic rings. The summed E-state index contributed by atoms with van der Waals surface area (Å²) in [5.41, 5.74) is 0. The number of aliphatic hydroxyl groups excluding tert-OH is 1. The Balaban J connectivity index is 3.30. The number of ether oxygens (including phenoxy) is 2. The van der Waals surface area contributed by atoms with Crippen LogP contribution in [-0.2, 0) is 20.3 Å². The molecule has 0 aromatic heterocycles. The van der Waals surface area contributed by atoms with Gasteiger partial charge in [-0.05, 0) is 13.3 Å². The molecule has 0 spiro atoms. The molecule has 19 heavy (non-hydrogen) atoms. The zero-order valence-corrected chi connectivity index (χ0v) is 13.2. The lowest BCUT2D eigenvalue weighted by Gasteiger charge is -2.14. The SMILES string of the molecule is CCCCOCCOCC(O)CNCC(C)S(C)=O. The van der Waals surface area contributed by atoms with Crippen LogP contribution in [0.4, 0.5) is 0 Å². The summed E-state index contributed by atoms with van der Waals surface area (Å²) in [4.78, 5) is 0. The van der Waals surface area contributed by atoms with Gasteiger partial charge in [-0.25, -0.2) is 0 Å². The molecule has 0 saturated carbocycles. The fourth-order valence-electron chi connectivity index (χ4n) is 1.32. The summed E-state index contributed by atoms with van der Waals surface area (Å²) in [5, 5.41) is 12.8. The van der Waals surface area contributed by atoms with Crippen LogP contribution in [-0.4, -0.2) is 66.4 Å². The van der Waals surface area contributed by atoms with Crippen molar-refractivity contribution < 1.29 is 18.8 Å². The van der Waals surface area contributed by atoms with Gasteiger partial charge < -0.3 is 19.9 Å². The van der Waals surface area contributed by atoms with E-state index in [4.69, 9.17) is 9.47 Å². The summed E-state index contributed by atoms with van der Waals surface area (Å²) in [7, 11) is -0.828. The second-order valence-corrected chi connectivity index (χ2v) is 6.46. The number of hydrogen-bond acceptors (Lipinski definition) is 5. The lowest BCUT2D eigenvalue weighted by atomic mass is 10.3. The molecule has 3 unspecified atom stereocenters. The standard InChI is InChI=1S/C13H29NO4S/c1-4-5-6-17-7-8-18-11-13(15)10-14-9-12(2)19(3)16/h12-15H,4-11H2,1-3H3. The Labute approximate surface area is 119 Å². The van der Waals surface area contributed by atoms with Crippen LogP contribution in [0.2, 0.25) is 0 Å². The number of unbranched alkanes of at least 4 members (excludes halogenated alkanes) is 1. The van der Waals surface area contributed by atoms with E-state index in [9.17, 15) is 9.32 Å². The monoisotopic (exact) mass is 295 g/mol. The van der Waals surface area contributed by atoms with E-state index in [0.29, 0.717) is 32.9 Å². The van der Waals surface area contributed by atoms with Crippen LogP contribution in [0.25, 0.3) is 0 Å². The Morgan fingerprint density at radius 3 is 2.53 bits per heavy atom. The van der Waals surface area contributed by atoms with Gasteiger partial charge in [-0.2, -0.15) is 0 Å². The van der Waals surface area contributed by atoms with Gasteiger partial charge in [0.25, 0.3) is 0 Å². The first-order valence-corrected chi connectivity index (χ1v) is 8.56. The maximum atomic E-state index is 11.1. The van der Waals surface area contributed by atoms with Crippen LogP contribution < -0.4 is 5.32 Å². The van der Waals surface area contributed by atoms with Crippen molar-refractivity contribution >= 4 is 10.8 Å². The molecule has 116 valence electrons. The largest absolute Gasteiger partial charge is 0.389 e. The molecule has 0 aliphatic heterocycles. The minimum atomic E-state index is -0.828. The third kappa shape index (κ3) is 12.8. The Kier molecular flexibility index (Phi) is 13.0. The summed E-state index contributed by atoms with van der Waals surface area (Å²) in [6, 6.07) is 0. The Hall–Kier alpha value is -0.0100. The predicted molar refractivity (Wildman–Crippen MR) is 79.0 cm³/mol. The molecule has 0 aromatic carbocycles. The summed E-state index contributed by atoms with van der Waals surface area (Å²) in [6.07, 6.45) is 3.35. The van der Waals surface area contributed by atoms with Crippen molar-refractivity contribution in [1.29, 1.82) is 0 Å². The maximum Gasteiger partial charge on any atom is 0.0897 e. The summed E-state index contributed by atoms with van der Waals surface area (Å²) < 4.78 is 21.8. The molecule has 0 rings (SSSR count). The van der Waals surface area contributed by atoms with Crippen molar-refractivity contribution in [2.45, 2.75) is 38.0 Å². The van der Waals surface area contributed by atoms with Gasteiger partial charge in [-0.3, -0.25) is 4.21 Å². The topological polar surface area (TPSA) is 67.8 Å². The highest BCUT2D eigenvalue weighted by Gasteiger charge is 2.08. The van der Waals surface area contributed by atoms with Gasteiger partial charge in [0.2, 0.25) is 0 Å². The molecule has 6 heteroatoms. The minimum Gasteiger partial charge on any atom is -0.389 e. The lowest BCUT2D eigenvalue weighted by Crippen LogP contribution is -2.35. The van der Waals surface area contributed by atoms with E-state index in [0.717, 1.165) is 19.4 Å². The zero-order chi connectivity index (χ0) is 14.5. The quantitative estimate of drug-likeness (QED) is 0.485. The molecular formula is C13H29NO4S. The Morgan fingerprint density at radius 1 is 1.21 bits per heavy atom. The number of nitrogens with one attached hydrogen (secondary N) is 1. The molecule has 5 nitrogen and oxygen atoms in total. The van der Waals surface area contributed by atoms with Gasteiger partial charge in [-0.15, -0.1) is 0 Å². The van der Waals surface area contributed by atoms with Crippen molar-refractivity contribution in [3.63, 3.8) is 0 Å². The van der Waals surface area contributed by atoms with Gasteiger partial charge >= 0.3 is 0 Å². The number of hydrogen-bond donors (Lipinski definition) is 2. The Morgan fingerprint density at radius 2 is 1.89 bits per heavy atom. The van der Waals surface area contributed by atoms with Crippen LogP contribution in [0, 0.1) is 0 Å². The molecule has 0 bridgehead atoms. The first-order chi connectivity index (χ1) is 9.07.